The van der Waals surface area contributed by atoms with Crippen molar-refractivity contribution in [1.82, 2.24) is 24.8 Å². The molecule has 1 fully saturated rings. The highest BCUT2D eigenvalue weighted by Crippen LogP contribution is 2.25. The number of fused-ring (bicyclic) bond motifs is 1. The molecule has 7 nitrogen and oxygen atoms in total. The van der Waals surface area contributed by atoms with Crippen LogP contribution in [-0.2, 0) is 13.0 Å². The van der Waals surface area contributed by atoms with Crippen molar-refractivity contribution in [3.63, 3.8) is 0 Å². The van der Waals surface area contributed by atoms with Gasteiger partial charge in [0.1, 0.15) is 5.82 Å². The first kappa shape index (κ1) is 23.9. The Bertz CT molecular complexity index is 1530. The van der Waals surface area contributed by atoms with Crippen LogP contribution in [0.2, 0.25) is 0 Å². The van der Waals surface area contributed by atoms with Gasteiger partial charge in [0, 0.05) is 69.5 Å². The lowest BCUT2D eigenvalue weighted by atomic mass is 10.00. The third-order valence-corrected chi connectivity index (χ3v) is 6.99. The highest BCUT2D eigenvalue weighted by atomic mass is 16.1. The number of hydrogen-bond acceptors (Lipinski definition) is 7. The number of ketones is 1. The molecule has 1 saturated heterocycles. The van der Waals surface area contributed by atoms with Crippen molar-refractivity contribution in [2.45, 2.75) is 13.0 Å². The molecule has 0 spiro atoms. The van der Waals surface area contributed by atoms with E-state index in [0.29, 0.717) is 12.0 Å². The lowest BCUT2D eigenvalue weighted by Gasteiger charge is -2.35. The van der Waals surface area contributed by atoms with Crippen LogP contribution < -0.4 is 4.90 Å². The monoisotopic (exact) mass is 500 g/mol. The number of aromatic nitrogens is 4. The van der Waals surface area contributed by atoms with Crippen LogP contribution in [-0.4, -0.2) is 56.8 Å². The normalized spacial score (nSPS) is 14.1. The lowest BCUT2D eigenvalue weighted by Crippen LogP contribution is -2.46. The van der Waals surface area contributed by atoms with Gasteiger partial charge in [0.2, 0.25) is 0 Å². The quantitative estimate of drug-likeness (QED) is 0.296. The standard InChI is InChI=1S/C31H28N6O/c38-30(27-4-2-12-33-20-27)17-23-5-7-25(8-6-23)26-9-10-28-29(18-26)35-31(21-34-28)37-15-13-36(14-16-37)22-24-3-1-11-32-19-24/h1-12,18-21H,13-17,22H2. The van der Waals surface area contributed by atoms with Gasteiger partial charge in [0.05, 0.1) is 17.2 Å². The molecular weight excluding hydrogens is 472 g/mol. The Morgan fingerprint density at radius 2 is 1.50 bits per heavy atom. The molecule has 5 aromatic rings. The lowest BCUT2D eigenvalue weighted by molar-refractivity contribution is 0.0992. The zero-order valence-corrected chi connectivity index (χ0v) is 21.1. The highest BCUT2D eigenvalue weighted by Gasteiger charge is 2.19. The summed E-state index contributed by atoms with van der Waals surface area (Å²) in [4.78, 5) is 35.2. The Hall–Kier alpha value is -4.49. The van der Waals surface area contributed by atoms with E-state index in [4.69, 9.17) is 4.98 Å². The van der Waals surface area contributed by atoms with Gasteiger partial charge in [0.25, 0.3) is 0 Å². The predicted octanol–water partition coefficient (Wildman–Crippen LogP) is 4.83. The summed E-state index contributed by atoms with van der Waals surface area (Å²) >= 11 is 0. The zero-order chi connectivity index (χ0) is 25.7. The van der Waals surface area contributed by atoms with Crippen molar-refractivity contribution in [1.29, 1.82) is 0 Å². The van der Waals surface area contributed by atoms with Crippen LogP contribution in [0.5, 0.6) is 0 Å². The fourth-order valence-electron chi connectivity index (χ4n) is 4.85. The first-order valence-electron chi connectivity index (χ1n) is 12.9. The average molecular weight is 501 g/mol. The maximum Gasteiger partial charge on any atom is 0.168 e. The molecule has 3 aromatic heterocycles. The van der Waals surface area contributed by atoms with Crippen LogP contribution in [0, 0.1) is 0 Å². The summed E-state index contributed by atoms with van der Waals surface area (Å²) in [5.41, 5.74) is 6.78. The number of carbonyl (C=O) groups is 1. The van der Waals surface area contributed by atoms with E-state index < -0.39 is 0 Å². The van der Waals surface area contributed by atoms with Crippen molar-refractivity contribution in [3.05, 3.63) is 114 Å². The molecule has 0 saturated carbocycles. The molecule has 38 heavy (non-hydrogen) atoms. The van der Waals surface area contributed by atoms with Gasteiger partial charge in [0.15, 0.2) is 5.78 Å². The number of anilines is 1. The largest absolute Gasteiger partial charge is 0.353 e. The number of Topliss-reactive ketones (excluding diaryl/α,β-unsaturated/α-hetero) is 1. The summed E-state index contributed by atoms with van der Waals surface area (Å²) in [6.07, 6.45) is 9.28. The molecule has 6 rings (SSSR count). The summed E-state index contributed by atoms with van der Waals surface area (Å²) in [6.45, 7) is 4.71. The van der Waals surface area contributed by atoms with E-state index in [1.54, 1.807) is 24.5 Å². The smallest absolute Gasteiger partial charge is 0.168 e. The van der Waals surface area contributed by atoms with E-state index in [-0.39, 0.29) is 5.78 Å². The Balaban J connectivity index is 1.13. The minimum Gasteiger partial charge on any atom is -0.353 e. The molecule has 7 heteroatoms. The first-order chi connectivity index (χ1) is 18.7. The van der Waals surface area contributed by atoms with E-state index in [9.17, 15) is 4.79 Å². The zero-order valence-electron chi connectivity index (χ0n) is 21.1. The van der Waals surface area contributed by atoms with E-state index in [1.165, 1.54) is 5.56 Å². The van der Waals surface area contributed by atoms with Gasteiger partial charge in [-0.3, -0.25) is 24.6 Å². The Kier molecular flexibility index (Phi) is 6.83. The molecule has 0 amide bonds. The average Bonchev–Trinajstić information content (AvgIpc) is 2.98. The summed E-state index contributed by atoms with van der Waals surface area (Å²) in [6, 6.07) is 22.0. The van der Waals surface area contributed by atoms with E-state index in [0.717, 1.165) is 66.3 Å². The molecule has 4 heterocycles. The van der Waals surface area contributed by atoms with Gasteiger partial charge in [-0.2, -0.15) is 0 Å². The number of benzene rings is 2. The van der Waals surface area contributed by atoms with E-state index in [2.05, 4.69) is 55.1 Å². The molecular formula is C31H28N6O. The van der Waals surface area contributed by atoms with Crippen molar-refractivity contribution in [3.8, 4) is 11.1 Å². The van der Waals surface area contributed by atoms with Crippen molar-refractivity contribution < 1.29 is 4.79 Å². The molecule has 0 radical (unpaired) electrons. The summed E-state index contributed by atoms with van der Waals surface area (Å²) in [5.74, 6) is 0.984. The summed E-state index contributed by atoms with van der Waals surface area (Å²) in [5, 5.41) is 0. The van der Waals surface area contributed by atoms with E-state index in [1.807, 2.05) is 42.9 Å². The number of carbonyl (C=O) groups excluding carboxylic acids is 1. The van der Waals surface area contributed by atoms with Crippen LogP contribution >= 0.6 is 0 Å². The molecule has 2 aromatic carbocycles. The summed E-state index contributed by atoms with van der Waals surface area (Å²) < 4.78 is 0. The van der Waals surface area contributed by atoms with Gasteiger partial charge < -0.3 is 4.90 Å². The van der Waals surface area contributed by atoms with Crippen LogP contribution in [0.4, 0.5) is 5.82 Å². The van der Waals surface area contributed by atoms with Crippen molar-refractivity contribution in [2.75, 3.05) is 31.1 Å². The van der Waals surface area contributed by atoms with Crippen LogP contribution in [0.3, 0.4) is 0 Å². The molecule has 0 unspecified atom stereocenters. The summed E-state index contributed by atoms with van der Waals surface area (Å²) in [7, 11) is 0. The Morgan fingerprint density at radius 1 is 0.737 bits per heavy atom. The fourth-order valence-corrected chi connectivity index (χ4v) is 4.85. The maximum atomic E-state index is 12.5. The van der Waals surface area contributed by atoms with Gasteiger partial charge in [-0.1, -0.05) is 36.4 Å². The van der Waals surface area contributed by atoms with Crippen molar-refractivity contribution in [2.24, 2.45) is 0 Å². The molecule has 0 aliphatic carbocycles. The van der Waals surface area contributed by atoms with Crippen LogP contribution in [0.1, 0.15) is 21.5 Å². The molecule has 1 aliphatic heterocycles. The van der Waals surface area contributed by atoms with Gasteiger partial charge >= 0.3 is 0 Å². The van der Waals surface area contributed by atoms with Gasteiger partial charge in [-0.25, -0.2) is 4.98 Å². The Labute approximate surface area is 221 Å². The maximum absolute atomic E-state index is 12.5. The highest BCUT2D eigenvalue weighted by molar-refractivity contribution is 5.97. The molecule has 188 valence electrons. The second-order valence-electron chi connectivity index (χ2n) is 9.59. The molecule has 0 N–H and O–H groups in total. The SMILES string of the molecule is O=C(Cc1ccc(-c2ccc3ncc(N4CCN(Cc5cccnc5)CC4)nc3c2)cc1)c1cccnc1. The predicted molar refractivity (Wildman–Crippen MR) is 149 cm³/mol. The van der Waals surface area contributed by atoms with Gasteiger partial charge in [-0.05, 0) is 52.6 Å². The molecule has 1 aliphatic rings. The van der Waals surface area contributed by atoms with Crippen LogP contribution in [0.25, 0.3) is 22.2 Å². The Morgan fingerprint density at radius 3 is 2.24 bits per heavy atom. The fraction of sp³-hybridized carbons (Fsp3) is 0.194. The number of piperazine rings is 1. The third-order valence-electron chi connectivity index (χ3n) is 6.99. The first-order valence-corrected chi connectivity index (χ1v) is 12.9. The van der Waals surface area contributed by atoms with Crippen LogP contribution in [0.15, 0.2) is 97.7 Å². The van der Waals surface area contributed by atoms with E-state index >= 15 is 0 Å². The topological polar surface area (TPSA) is 75.1 Å². The van der Waals surface area contributed by atoms with Gasteiger partial charge in [-0.15, -0.1) is 0 Å². The minimum absolute atomic E-state index is 0.0669. The second-order valence-corrected chi connectivity index (χ2v) is 9.59. The molecule has 0 bridgehead atoms. The molecule has 0 atom stereocenters. The number of hydrogen-bond donors (Lipinski definition) is 0. The number of rotatable bonds is 7. The third kappa shape index (κ3) is 5.43. The number of nitrogens with zero attached hydrogens (tertiary/aromatic N) is 6. The van der Waals surface area contributed by atoms with Crippen molar-refractivity contribution >= 4 is 22.6 Å². The number of pyridine rings is 2. The second kappa shape index (κ2) is 10.9. The minimum atomic E-state index is 0.0669.